The van der Waals surface area contributed by atoms with Gasteiger partial charge in [-0.2, -0.15) is 4.73 Å². The Bertz CT molecular complexity index is 1650. The number of ether oxygens (including phenoxy) is 1. The molecule has 1 aliphatic heterocycles. The van der Waals surface area contributed by atoms with Gasteiger partial charge in [0.15, 0.2) is 12.4 Å². The molecule has 0 aliphatic carbocycles. The standard InChI is InChI=1S/C31H31N5O5S.2ClH/c1-41-28-10-12-29(13-11-28)42(39,40)36(30-7-3-2-5-26(30)9-8-25-14-17-35(38)18-15-25)31(37)24-33-19-21-34(22-20-33)27-6-4-16-32-23-27;;/h2-18,23H,19-22,24H2,1H3;2*1H. The van der Waals surface area contributed by atoms with E-state index in [2.05, 4.69) is 9.88 Å². The summed E-state index contributed by atoms with van der Waals surface area (Å²) in [7, 11) is -2.79. The number of aromatic nitrogens is 2. The van der Waals surface area contributed by atoms with Gasteiger partial charge in [0.25, 0.3) is 15.9 Å². The van der Waals surface area contributed by atoms with Crippen LogP contribution in [0.3, 0.4) is 0 Å². The molecule has 13 heteroatoms. The van der Waals surface area contributed by atoms with Crippen molar-refractivity contribution in [3.8, 4) is 5.75 Å². The van der Waals surface area contributed by atoms with E-state index in [-0.39, 0.29) is 41.9 Å². The van der Waals surface area contributed by atoms with Crippen LogP contribution in [0.25, 0.3) is 12.2 Å². The number of methoxy groups -OCH3 is 1. The number of sulfonamides is 1. The van der Waals surface area contributed by atoms with Crippen molar-refractivity contribution >= 4 is 64.3 Å². The summed E-state index contributed by atoms with van der Waals surface area (Å²) in [6, 6.07) is 20.0. The van der Waals surface area contributed by atoms with Crippen molar-refractivity contribution in [2.45, 2.75) is 4.90 Å². The molecule has 5 rings (SSSR count). The van der Waals surface area contributed by atoms with Crippen molar-refractivity contribution in [1.29, 1.82) is 0 Å². The third kappa shape index (κ3) is 8.06. The Morgan fingerprint density at radius 2 is 1.64 bits per heavy atom. The lowest BCUT2D eigenvalue weighted by atomic mass is 10.1. The number of nitrogens with zero attached hydrogens (tertiary/aromatic N) is 5. The summed E-state index contributed by atoms with van der Waals surface area (Å²) < 4.78 is 35.0. The van der Waals surface area contributed by atoms with Crippen LogP contribution >= 0.6 is 24.8 Å². The van der Waals surface area contributed by atoms with E-state index in [4.69, 9.17) is 4.74 Å². The van der Waals surface area contributed by atoms with Gasteiger partial charge >= 0.3 is 0 Å². The van der Waals surface area contributed by atoms with E-state index in [1.165, 1.54) is 31.6 Å². The molecular weight excluding hydrogens is 625 g/mol. The smallest absolute Gasteiger partial charge is 0.270 e. The number of hydrogen-bond acceptors (Lipinski definition) is 8. The Labute approximate surface area is 269 Å². The molecule has 2 aromatic heterocycles. The Morgan fingerprint density at radius 3 is 2.27 bits per heavy atom. The van der Waals surface area contributed by atoms with Gasteiger partial charge in [-0.15, -0.1) is 24.8 Å². The lowest BCUT2D eigenvalue weighted by Gasteiger charge is -2.36. The number of hydrogen-bond donors (Lipinski definition) is 0. The molecule has 0 bridgehead atoms. The monoisotopic (exact) mass is 657 g/mol. The highest BCUT2D eigenvalue weighted by Gasteiger charge is 2.33. The summed E-state index contributed by atoms with van der Waals surface area (Å²) in [5.41, 5.74) is 2.53. The van der Waals surface area contributed by atoms with Gasteiger partial charge in [0.2, 0.25) is 0 Å². The average Bonchev–Trinajstić information content (AvgIpc) is 3.02. The molecule has 232 valence electrons. The van der Waals surface area contributed by atoms with Crippen LogP contribution in [0.15, 0.2) is 102 Å². The molecule has 1 saturated heterocycles. The second-order valence-electron chi connectivity index (χ2n) is 9.70. The Kier molecular flexibility index (Phi) is 12.1. The van der Waals surface area contributed by atoms with Crippen molar-refractivity contribution in [3.05, 3.63) is 114 Å². The zero-order chi connectivity index (χ0) is 29.5. The molecule has 0 saturated carbocycles. The largest absolute Gasteiger partial charge is 0.619 e. The summed E-state index contributed by atoms with van der Waals surface area (Å²) >= 11 is 0. The molecule has 1 fully saturated rings. The number of benzene rings is 2. The Balaban J connectivity index is 0.00000264. The molecule has 2 aromatic carbocycles. The zero-order valence-corrected chi connectivity index (χ0v) is 26.4. The van der Waals surface area contributed by atoms with E-state index in [9.17, 15) is 18.4 Å². The second kappa shape index (κ2) is 15.5. The predicted octanol–water partition coefficient (Wildman–Crippen LogP) is 4.28. The van der Waals surface area contributed by atoms with Crippen LogP contribution in [0.2, 0.25) is 0 Å². The number of para-hydroxylation sites is 1. The van der Waals surface area contributed by atoms with E-state index < -0.39 is 15.9 Å². The predicted molar refractivity (Wildman–Crippen MR) is 176 cm³/mol. The number of carbonyl (C=O) groups excluding carboxylic acids is 1. The molecule has 1 amide bonds. The van der Waals surface area contributed by atoms with Crippen molar-refractivity contribution in [2.75, 3.05) is 49.0 Å². The van der Waals surface area contributed by atoms with Gasteiger partial charge in [-0.05, 0) is 53.6 Å². The van der Waals surface area contributed by atoms with Gasteiger partial charge in [-0.1, -0.05) is 30.4 Å². The third-order valence-electron chi connectivity index (χ3n) is 7.01. The molecule has 0 radical (unpaired) electrons. The molecule has 0 atom stereocenters. The average molecular weight is 659 g/mol. The normalized spacial score (nSPS) is 13.5. The Hall–Kier alpha value is -4.16. The maximum atomic E-state index is 14.1. The number of anilines is 2. The van der Waals surface area contributed by atoms with Gasteiger partial charge in [0, 0.05) is 44.5 Å². The van der Waals surface area contributed by atoms with Crippen LogP contribution < -0.4 is 18.7 Å². The molecule has 4 aromatic rings. The second-order valence-corrected chi connectivity index (χ2v) is 11.5. The minimum absolute atomic E-state index is 0. The van der Waals surface area contributed by atoms with Crippen LogP contribution in [0.4, 0.5) is 11.4 Å². The highest BCUT2D eigenvalue weighted by atomic mass is 35.5. The minimum atomic E-state index is -4.29. The van der Waals surface area contributed by atoms with Gasteiger partial charge < -0.3 is 14.8 Å². The minimum Gasteiger partial charge on any atom is -0.619 e. The van der Waals surface area contributed by atoms with Gasteiger partial charge in [0.05, 0.1) is 36.1 Å². The summed E-state index contributed by atoms with van der Waals surface area (Å²) in [6.45, 7) is 2.48. The first-order chi connectivity index (χ1) is 20.3. The Morgan fingerprint density at radius 1 is 0.955 bits per heavy atom. The van der Waals surface area contributed by atoms with Crippen LogP contribution in [0, 0.1) is 5.21 Å². The van der Waals surface area contributed by atoms with Gasteiger partial charge in [-0.3, -0.25) is 14.7 Å². The summed E-state index contributed by atoms with van der Waals surface area (Å²) in [5, 5.41) is 11.4. The third-order valence-corrected chi connectivity index (χ3v) is 8.75. The molecule has 0 spiro atoms. The summed E-state index contributed by atoms with van der Waals surface area (Å²) in [6.07, 6.45) is 9.79. The lowest BCUT2D eigenvalue weighted by molar-refractivity contribution is -0.605. The number of piperazine rings is 1. The van der Waals surface area contributed by atoms with Crippen LogP contribution in [0.5, 0.6) is 5.75 Å². The first kappa shape index (κ1) is 34.3. The topological polar surface area (TPSA) is 110 Å². The van der Waals surface area contributed by atoms with Crippen LogP contribution in [0.1, 0.15) is 11.1 Å². The van der Waals surface area contributed by atoms with E-state index in [0.717, 1.165) is 15.6 Å². The molecule has 3 heterocycles. The van der Waals surface area contributed by atoms with Crippen LogP contribution in [-0.4, -0.2) is 64.0 Å². The van der Waals surface area contributed by atoms with Crippen molar-refractivity contribution in [2.24, 2.45) is 0 Å². The quantitative estimate of drug-likeness (QED) is 0.194. The highest BCUT2D eigenvalue weighted by molar-refractivity contribution is 7.93. The number of rotatable bonds is 9. The van der Waals surface area contributed by atoms with Gasteiger partial charge in [-0.25, -0.2) is 12.7 Å². The number of carbonyl (C=O) groups is 1. The van der Waals surface area contributed by atoms with Crippen LogP contribution in [-0.2, 0) is 14.8 Å². The zero-order valence-electron chi connectivity index (χ0n) is 23.9. The fourth-order valence-corrected chi connectivity index (χ4v) is 6.19. The molecule has 0 N–H and O–H groups in total. The van der Waals surface area contributed by atoms with Crippen molar-refractivity contribution < 1.29 is 22.7 Å². The van der Waals surface area contributed by atoms with E-state index >= 15 is 0 Å². The maximum Gasteiger partial charge on any atom is 0.270 e. The number of halogens is 2. The number of amides is 1. The summed E-state index contributed by atoms with van der Waals surface area (Å²) in [5.74, 6) is -0.0579. The van der Waals surface area contributed by atoms with E-state index in [1.807, 2.05) is 23.2 Å². The van der Waals surface area contributed by atoms with Crippen molar-refractivity contribution in [1.82, 2.24) is 9.88 Å². The first-order valence-electron chi connectivity index (χ1n) is 13.4. The van der Waals surface area contributed by atoms with Gasteiger partial charge in [0.1, 0.15) is 5.75 Å². The SMILES string of the molecule is COc1ccc(S(=O)(=O)N(C(=O)CN2CCN(c3cccnc3)CC2)c2ccccc2C=Cc2cc[n+]([O-])cc2)cc1.Cl.Cl. The molecule has 0 unspecified atom stereocenters. The first-order valence-corrected chi connectivity index (χ1v) is 14.8. The van der Waals surface area contributed by atoms with Crippen molar-refractivity contribution in [3.63, 3.8) is 0 Å². The highest BCUT2D eigenvalue weighted by Crippen LogP contribution is 2.30. The fourth-order valence-electron chi connectivity index (χ4n) is 4.75. The molecule has 44 heavy (non-hydrogen) atoms. The number of pyridine rings is 2. The molecule has 10 nitrogen and oxygen atoms in total. The lowest BCUT2D eigenvalue weighted by Crippen LogP contribution is -2.51. The maximum absolute atomic E-state index is 14.1. The van der Waals surface area contributed by atoms with E-state index in [0.29, 0.717) is 42.2 Å². The van der Waals surface area contributed by atoms with E-state index in [1.54, 1.807) is 66.9 Å². The summed E-state index contributed by atoms with van der Waals surface area (Å²) in [4.78, 5) is 22.3. The fraction of sp³-hybridized carbons (Fsp3) is 0.194. The molecular formula is C31H33Cl2N5O5S. The molecule has 1 aliphatic rings.